The van der Waals surface area contributed by atoms with Crippen LogP contribution in [0.5, 0.6) is 0 Å². The van der Waals surface area contributed by atoms with E-state index in [1.807, 2.05) is 25.3 Å². The molecule has 3 nitrogen and oxygen atoms in total. The number of nitrogens with one attached hydrogen (secondary N) is 1. The minimum Gasteiger partial charge on any atom is -0.342 e. The van der Waals surface area contributed by atoms with Gasteiger partial charge in [0.2, 0.25) is 0 Å². The van der Waals surface area contributed by atoms with Crippen molar-refractivity contribution in [1.82, 2.24) is 15.0 Å². The van der Waals surface area contributed by atoms with Gasteiger partial charge < -0.3 is 4.98 Å². The van der Waals surface area contributed by atoms with E-state index in [2.05, 4.69) is 15.0 Å². The summed E-state index contributed by atoms with van der Waals surface area (Å²) in [5.41, 5.74) is 2.08. The molecule has 3 heteroatoms. The van der Waals surface area contributed by atoms with Gasteiger partial charge in [-0.3, -0.25) is 4.98 Å². The fourth-order valence-corrected chi connectivity index (χ4v) is 1.06. The minimum absolute atomic E-state index is 0.876. The summed E-state index contributed by atoms with van der Waals surface area (Å²) < 4.78 is 0. The van der Waals surface area contributed by atoms with Crippen LogP contribution in [0, 0.1) is 6.92 Å². The normalized spacial score (nSPS) is 10.1. The van der Waals surface area contributed by atoms with Gasteiger partial charge in [-0.15, -0.1) is 0 Å². The monoisotopic (exact) mass is 159 g/mol. The Balaban J connectivity index is 2.45. The lowest BCUT2D eigenvalue weighted by Gasteiger charge is -1.92. The molecule has 0 bridgehead atoms. The second-order valence-electron chi connectivity index (χ2n) is 2.66. The molecule has 2 rings (SSSR count). The van der Waals surface area contributed by atoms with E-state index in [4.69, 9.17) is 0 Å². The summed E-state index contributed by atoms with van der Waals surface area (Å²) in [5, 5.41) is 0. The average molecular weight is 159 g/mol. The van der Waals surface area contributed by atoms with E-state index in [0.717, 1.165) is 17.1 Å². The van der Waals surface area contributed by atoms with Crippen molar-refractivity contribution < 1.29 is 0 Å². The first-order valence-electron chi connectivity index (χ1n) is 3.78. The fourth-order valence-electron chi connectivity index (χ4n) is 1.06. The first-order chi connectivity index (χ1) is 5.86. The molecule has 2 heterocycles. The first-order valence-corrected chi connectivity index (χ1v) is 3.78. The van der Waals surface area contributed by atoms with Gasteiger partial charge in [-0.2, -0.15) is 0 Å². The molecule has 0 atom stereocenters. The zero-order valence-electron chi connectivity index (χ0n) is 6.78. The van der Waals surface area contributed by atoms with Crippen molar-refractivity contribution in [2.75, 3.05) is 0 Å². The number of H-pyrrole nitrogens is 1. The topological polar surface area (TPSA) is 41.6 Å². The molecular weight excluding hydrogens is 150 g/mol. The number of aryl methyl sites for hydroxylation is 1. The number of pyridine rings is 1. The SMILES string of the molecule is Cc1cnc(-c2cccnc2)[nH]1. The number of rotatable bonds is 1. The molecule has 12 heavy (non-hydrogen) atoms. The zero-order chi connectivity index (χ0) is 8.39. The van der Waals surface area contributed by atoms with Crippen molar-refractivity contribution in [3.05, 3.63) is 36.4 Å². The molecule has 0 fully saturated rings. The smallest absolute Gasteiger partial charge is 0.139 e. The van der Waals surface area contributed by atoms with Gasteiger partial charge in [-0.25, -0.2) is 4.98 Å². The minimum atomic E-state index is 0.876. The summed E-state index contributed by atoms with van der Waals surface area (Å²) >= 11 is 0. The van der Waals surface area contributed by atoms with E-state index in [1.165, 1.54) is 0 Å². The van der Waals surface area contributed by atoms with Crippen molar-refractivity contribution >= 4 is 0 Å². The van der Waals surface area contributed by atoms with Crippen LogP contribution in [-0.2, 0) is 0 Å². The van der Waals surface area contributed by atoms with Crippen LogP contribution in [0.3, 0.4) is 0 Å². The standard InChI is InChI=1S/C9H9N3/c1-7-5-11-9(12-7)8-3-2-4-10-6-8/h2-6H,1H3,(H,11,12). The molecule has 0 spiro atoms. The van der Waals surface area contributed by atoms with Gasteiger partial charge in [0.05, 0.1) is 0 Å². The van der Waals surface area contributed by atoms with E-state index in [9.17, 15) is 0 Å². The van der Waals surface area contributed by atoms with Gasteiger partial charge >= 0.3 is 0 Å². The van der Waals surface area contributed by atoms with Crippen molar-refractivity contribution in [3.8, 4) is 11.4 Å². The molecule has 0 radical (unpaired) electrons. The number of imidazole rings is 1. The second kappa shape index (κ2) is 2.77. The predicted octanol–water partition coefficient (Wildman–Crippen LogP) is 1.78. The zero-order valence-corrected chi connectivity index (χ0v) is 6.78. The highest BCUT2D eigenvalue weighted by molar-refractivity contribution is 5.52. The largest absolute Gasteiger partial charge is 0.342 e. The molecule has 0 aromatic carbocycles. The molecule has 0 aliphatic heterocycles. The van der Waals surface area contributed by atoms with Gasteiger partial charge in [0.1, 0.15) is 5.82 Å². The highest BCUT2D eigenvalue weighted by atomic mass is 14.9. The lowest BCUT2D eigenvalue weighted by molar-refractivity contribution is 1.23. The lowest BCUT2D eigenvalue weighted by atomic mass is 10.3. The Morgan fingerprint density at radius 3 is 2.83 bits per heavy atom. The molecule has 2 aromatic heterocycles. The van der Waals surface area contributed by atoms with Crippen molar-refractivity contribution in [2.24, 2.45) is 0 Å². The van der Waals surface area contributed by atoms with Gasteiger partial charge in [0, 0.05) is 29.8 Å². The molecule has 0 saturated carbocycles. The van der Waals surface area contributed by atoms with Crippen LogP contribution in [0.4, 0.5) is 0 Å². The van der Waals surface area contributed by atoms with Crippen LogP contribution in [0.15, 0.2) is 30.7 Å². The van der Waals surface area contributed by atoms with E-state index >= 15 is 0 Å². The van der Waals surface area contributed by atoms with E-state index in [0.29, 0.717) is 0 Å². The highest BCUT2D eigenvalue weighted by Gasteiger charge is 1.98. The van der Waals surface area contributed by atoms with E-state index in [-0.39, 0.29) is 0 Å². The number of hydrogen-bond donors (Lipinski definition) is 1. The van der Waals surface area contributed by atoms with Gasteiger partial charge in [0.25, 0.3) is 0 Å². The fraction of sp³-hybridized carbons (Fsp3) is 0.111. The Bertz CT molecular complexity index is 364. The molecule has 0 saturated heterocycles. The van der Waals surface area contributed by atoms with Crippen LogP contribution in [0.1, 0.15) is 5.69 Å². The maximum atomic E-state index is 4.19. The van der Waals surface area contributed by atoms with Gasteiger partial charge in [0.15, 0.2) is 0 Å². The second-order valence-corrected chi connectivity index (χ2v) is 2.66. The van der Waals surface area contributed by atoms with Crippen LogP contribution in [-0.4, -0.2) is 15.0 Å². The number of hydrogen-bond acceptors (Lipinski definition) is 2. The Morgan fingerprint density at radius 2 is 2.25 bits per heavy atom. The van der Waals surface area contributed by atoms with Crippen LogP contribution < -0.4 is 0 Å². The molecule has 2 aromatic rings. The summed E-state index contributed by atoms with van der Waals surface area (Å²) in [7, 11) is 0. The maximum Gasteiger partial charge on any atom is 0.139 e. The molecule has 1 N–H and O–H groups in total. The molecule has 0 aliphatic carbocycles. The Labute approximate surface area is 70.5 Å². The molecule has 0 amide bonds. The summed E-state index contributed by atoms with van der Waals surface area (Å²) in [5.74, 6) is 0.876. The molecule has 60 valence electrons. The molecule has 0 unspecified atom stereocenters. The Kier molecular flexibility index (Phi) is 1.63. The summed E-state index contributed by atoms with van der Waals surface area (Å²) in [6, 6.07) is 3.87. The average Bonchev–Trinajstić information content (AvgIpc) is 2.54. The number of aromatic nitrogens is 3. The lowest BCUT2D eigenvalue weighted by Crippen LogP contribution is -1.80. The van der Waals surface area contributed by atoms with Crippen molar-refractivity contribution in [2.45, 2.75) is 6.92 Å². The van der Waals surface area contributed by atoms with Gasteiger partial charge in [-0.05, 0) is 19.1 Å². The third-order valence-corrected chi connectivity index (χ3v) is 1.64. The summed E-state index contributed by atoms with van der Waals surface area (Å²) in [6.45, 7) is 1.98. The Hall–Kier alpha value is -1.64. The highest BCUT2D eigenvalue weighted by Crippen LogP contribution is 2.12. The van der Waals surface area contributed by atoms with Crippen molar-refractivity contribution in [1.29, 1.82) is 0 Å². The number of aromatic amines is 1. The summed E-state index contributed by atoms with van der Waals surface area (Å²) in [6.07, 6.45) is 5.35. The van der Waals surface area contributed by atoms with Gasteiger partial charge in [-0.1, -0.05) is 0 Å². The third kappa shape index (κ3) is 1.21. The Morgan fingerprint density at radius 1 is 1.33 bits per heavy atom. The third-order valence-electron chi connectivity index (χ3n) is 1.64. The molecule has 0 aliphatic rings. The van der Waals surface area contributed by atoms with Crippen LogP contribution in [0.2, 0.25) is 0 Å². The van der Waals surface area contributed by atoms with E-state index < -0.39 is 0 Å². The van der Waals surface area contributed by atoms with Crippen LogP contribution >= 0.6 is 0 Å². The van der Waals surface area contributed by atoms with Crippen molar-refractivity contribution in [3.63, 3.8) is 0 Å². The number of nitrogens with zero attached hydrogens (tertiary/aromatic N) is 2. The van der Waals surface area contributed by atoms with Crippen LogP contribution in [0.25, 0.3) is 11.4 Å². The quantitative estimate of drug-likeness (QED) is 0.689. The predicted molar refractivity (Wildman–Crippen MR) is 46.6 cm³/mol. The van der Waals surface area contributed by atoms with E-state index in [1.54, 1.807) is 12.4 Å². The first kappa shape index (κ1) is 7.03. The maximum absolute atomic E-state index is 4.19. The summed E-state index contributed by atoms with van der Waals surface area (Å²) in [4.78, 5) is 11.3. The molecular formula is C9H9N3.